The molecular formula is C24H40N2O6. The van der Waals surface area contributed by atoms with Crippen molar-refractivity contribution in [2.75, 3.05) is 13.2 Å². The first kappa shape index (κ1) is 25.0. The summed E-state index contributed by atoms with van der Waals surface area (Å²) >= 11 is 0. The molecule has 0 saturated carbocycles. The molecule has 2 bridgehead atoms. The predicted octanol–water partition coefficient (Wildman–Crippen LogP) is 2.03. The number of likely N-dealkylation sites (tertiary alicyclic amines) is 1. The molecule has 3 aliphatic heterocycles. The summed E-state index contributed by atoms with van der Waals surface area (Å²) < 4.78 is 12.0. The number of hydrogen-bond donors (Lipinski definition) is 2. The van der Waals surface area contributed by atoms with Gasteiger partial charge >= 0.3 is 5.97 Å². The summed E-state index contributed by atoms with van der Waals surface area (Å²) in [5, 5.41) is 13.3. The maximum Gasteiger partial charge on any atom is 0.312 e. The van der Waals surface area contributed by atoms with E-state index in [0.29, 0.717) is 19.3 Å². The highest BCUT2D eigenvalue weighted by atomic mass is 16.6. The van der Waals surface area contributed by atoms with E-state index in [-0.39, 0.29) is 30.9 Å². The Balaban J connectivity index is 2.15. The number of esters is 1. The third-order valence-electron chi connectivity index (χ3n) is 7.75. The van der Waals surface area contributed by atoms with Crippen LogP contribution in [0.5, 0.6) is 0 Å². The van der Waals surface area contributed by atoms with Crippen molar-refractivity contribution in [1.29, 1.82) is 0 Å². The number of fused-ring (bicyclic) bond motifs is 1. The molecule has 0 aromatic rings. The van der Waals surface area contributed by atoms with Gasteiger partial charge < -0.3 is 24.8 Å². The Morgan fingerprint density at radius 1 is 1.28 bits per heavy atom. The zero-order valence-electron chi connectivity index (χ0n) is 20.6. The SMILES string of the molecule is CCOC(=O)[C@@H]1[C@H]2C(=O)N([C@@H](CO)[C@@H](C)CC)C(C(=O)NC(C)(C)C)C23CC[C@@]1(CC)O3. The molecule has 8 heteroatoms. The van der Waals surface area contributed by atoms with Gasteiger partial charge in [0.2, 0.25) is 11.8 Å². The van der Waals surface area contributed by atoms with Gasteiger partial charge in [0.25, 0.3) is 0 Å². The largest absolute Gasteiger partial charge is 0.466 e. The van der Waals surface area contributed by atoms with Crippen LogP contribution < -0.4 is 5.32 Å². The number of carbonyl (C=O) groups is 3. The lowest BCUT2D eigenvalue weighted by molar-refractivity contribution is -0.162. The second kappa shape index (κ2) is 8.60. The van der Waals surface area contributed by atoms with Gasteiger partial charge in [-0.15, -0.1) is 0 Å². The van der Waals surface area contributed by atoms with Crippen molar-refractivity contribution in [3.05, 3.63) is 0 Å². The Hall–Kier alpha value is -1.67. The van der Waals surface area contributed by atoms with Gasteiger partial charge in [-0.1, -0.05) is 27.2 Å². The van der Waals surface area contributed by atoms with Gasteiger partial charge in [-0.3, -0.25) is 14.4 Å². The number of hydrogen-bond acceptors (Lipinski definition) is 6. The lowest BCUT2D eigenvalue weighted by atomic mass is 9.65. The Labute approximate surface area is 191 Å². The van der Waals surface area contributed by atoms with Crippen molar-refractivity contribution in [1.82, 2.24) is 10.2 Å². The highest BCUT2D eigenvalue weighted by molar-refractivity contribution is 5.99. The van der Waals surface area contributed by atoms with Crippen LogP contribution in [-0.4, -0.2) is 69.8 Å². The Kier molecular flexibility index (Phi) is 6.71. The summed E-state index contributed by atoms with van der Waals surface area (Å²) in [6.07, 6.45) is 2.41. The molecular weight excluding hydrogens is 412 g/mol. The summed E-state index contributed by atoms with van der Waals surface area (Å²) in [7, 11) is 0. The second-order valence-corrected chi connectivity index (χ2v) is 10.7. The highest BCUT2D eigenvalue weighted by Crippen LogP contribution is 2.64. The van der Waals surface area contributed by atoms with Crippen molar-refractivity contribution < 1.29 is 29.0 Å². The van der Waals surface area contributed by atoms with Crippen molar-refractivity contribution in [3.8, 4) is 0 Å². The predicted molar refractivity (Wildman–Crippen MR) is 119 cm³/mol. The van der Waals surface area contributed by atoms with Crippen LogP contribution in [0.1, 0.15) is 74.1 Å². The number of rotatable bonds is 8. The summed E-state index contributed by atoms with van der Waals surface area (Å²) in [5.74, 6) is -2.58. The summed E-state index contributed by atoms with van der Waals surface area (Å²) in [6, 6.07) is -1.44. The van der Waals surface area contributed by atoms with E-state index in [9.17, 15) is 19.5 Å². The Morgan fingerprint density at radius 3 is 2.44 bits per heavy atom. The van der Waals surface area contributed by atoms with E-state index in [1.807, 2.05) is 41.5 Å². The molecule has 0 aliphatic carbocycles. The number of aliphatic hydroxyl groups excluding tert-OH is 1. The zero-order valence-corrected chi connectivity index (χ0v) is 20.6. The van der Waals surface area contributed by atoms with Crippen molar-refractivity contribution >= 4 is 17.8 Å². The highest BCUT2D eigenvalue weighted by Gasteiger charge is 2.79. The Morgan fingerprint density at radius 2 is 1.94 bits per heavy atom. The van der Waals surface area contributed by atoms with Crippen LogP contribution in [0.2, 0.25) is 0 Å². The fraction of sp³-hybridized carbons (Fsp3) is 0.875. The second-order valence-electron chi connectivity index (χ2n) is 10.7. The molecule has 0 radical (unpaired) electrons. The summed E-state index contributed by atoms with van der Waals surface area (Å²) in [6.45, 7) is 13.3. The van der Waals surface area contributed by atoms with Crippen LogP contribution in [0.3, 0.4) is 0 Å². The summed E-state index contributed by atoms with van der Waals surface area (Å²) in [5.41, 5.74) is -2.41. The van der Waals surface area contributed by atoms with E-state index in [0.717, 1.165) is 6.42 Å². The third-order valence-corrected chi connectivity index (χ3v) is 7.75. The smallest absolute Gasteiger partial charge is 0.312 e. The lowest BCUT2D eigenvalue weighted by Crippen LogP contribution is -2.61. The number of carbonyl (C=O) groups excluding carboxylic acids is 3. The molecule has 7 atom stereocenters. The fourth-order valence-corrected chi connectivity index (χ4v) is 6.16. The molecule has 32 heavy (non-hydrogen) atoms. The van der Waals surface area contributed by atoms with Crippen molar-refractivity contribution in [3.63, 3.8) is 0 Å². The number of nitrogens with one attached hydrogen (secondary N) is 1. The van der Waals surface area contributed by atoms with Gasteiger partial charge in [0.1, 0.15) is 17.6 Å². The monoisotopic (exact) mass is 452 g/mol. The van der Waals surface area contributed by atoms with Gasteiger partial charge in [-0.25, -0.2) is 0 Å². The molecule has 3 aliphatic rings. The average Bonchev–Trinajstić information content (AvgIpc) is 3.31. The topological polar surface area (TPSA) is 105 Å². The number of ether oxygens (including phenoxy) is 2. The van der Waals surface area contributed by atoms with Crippen LogP contribution in [0.4, 0.5) is 0 Å². The molecule has 1 spiro atoms. The maximum atomic E-state index is 14.0. The molecule has 3 saturated heterocycles. The minimum Gasteiger partial charge on any atom is -0.466 e. The molecule has 3 fully saturated rings. The van der Waals surface area contributed by atoms with Crippen LogP contribution >= 0.6 is 0 Å². The van der Waals surface area contributed by atoms with E-state index >= 15 is 0 Å². The molecule has 3 rings (SSSR count). The van der Waals surface area contributed by atoms with E-state index in [1.54, 1.807) is 6.92 Å². The van der Waals surface area contributed by atoms with Gasteiger partial charge in [0.15, 0.2) is 0 Å². The molecule has 0 aromatic carbocycles. The van der Waals surface area contributed by atoms with Gasteiger partial charge in [-0.05, 0) is 52.9 Å². The molecule has 2 amide bonds. The van der Waals surface area contributed by atoms with E-state index in [2.05, 4.69) is 5.32 Å². The van der Waals surface area contributed by atoms with Gasteiger partial charge in [-0.2, -0.15) is 0 Å². The van der Waals surface area contributed by atoms with E-state index in [4.69, 9.17) is 9.47 Å². The van der Waals surface area contributed by atoms with Crippen LogP contribution in [0.25, 0.3) is 0 Å². The fourth-order valence-electron chi connectivity index (χ4n) is 6.16. The van der Waals surface area contributed by atoms with Crippen LogP contribution in [-0.2, 0) is 23.9 Å². The Bertz CT molecular complexity index is 764. The van der Waals surface area contributed by atoms with E-state index < -0.39 is 46.6 Å². The lowest BCUT2D eigenvalue weighted by Gasteiger charge is -2.40. The molecule has 2 unspecified atom stereocenters. The van der Waals surface area contributed by atoms with Crippen molar-refractivity contribution in [2.45, 2.75) is 103 Å². The minimum atomic E-state index is -1.10. The number of aliphatic hydroxyl groups is 1. The average molecular weight is 453 g/mol. The van der Waals surface area contributed by atoms with Crippen LogP contribution in [0, 0.1) is 17.8 Å². The number of amides is 2. The quantitative estimate of drug-likeness (QED) is 0.546. The third kappa shape index (κ3) is 3.63. The molecule has 8 nitrogen and oxygen atoms in total. The molecule has 3 heterocycles. The first-order valence-corrected chi connectivity index (χ1v) is 12.0. The zero-order chi connectivity index (χ0) is 24.1. The molecule has 0 aromatic heterocycles. The van der Waals surface area contributed by atoms with Gasteiger partial charge in [0.05, 0.1) is 30.8 Å². The van der Waals surface area contributed by atoms with E-state index in [1.165, 1.54) is 4.90 Å². The van der Waals surface area contributed by atoms with Gasteiger partial charge in [0, 0.05) is 5.54 Å². The summed E-state index contributed by atoms with van der Waals surface area (Å²) in [4.78, 5) is 42.3. The standard InChI is InChI=1S/C24H40N2O6/c1-8-14(4)15(13-27)26-18(19(28)25-22(5,6)7)24-12-11-23(9-2,32-24)17(16(24)20(26)29)21(30)31-10-3/h14-18,27H,8-13H2,1-7H3,(H,25,28)/t14-,15-,16-,17-,18?,23+,24?/m0/s1. The molecule has 2 N–H and O–H groups in total. The molecule has 182 valence electrons. The normalized spacial score (nSPS) is 35.6. The van der Waals surface area contributed by atoms with Crippen molar-refractivity contribution in [2.24, 2.45) is 17.8 Å². The maximum absolute atomic E-state index is 14.0. The minimum absolute atomic E-state index is 0.0255. The first-order valence-electron chi connectivity index (χ1n) is 12.0. The number of nitrogens with zero attached hydrogens (tertiary/aromatic N) is 1. The first-order chi connectivity index (χ1) is 14.9. The van der Waals surface area contributed by atoms with Crippen LogP contribution in [0.15, 0.2) is 0 Å².